The molecule has 0 atom stereocenters. The van der Waals surface area contributed by atoms with Gasteiger partial charge in [0.1, 0.15) is 0 Å². The van der Waals surface area contributed by atoms with Gasteiger partial charge in [0.25, 0.3) is 0 Å². The van der Waals surface area contributed by atoms with E-state index in [0.717, 1.165) is 22.2 Å². The van der Waals surface area contributed by atoms with Gasteiger partial charge in [-0.25, -0.2) is 0 Å². The third kappa shape index (κ3) is 3.98. The number of para-hydroxylation sites is 1. The maximum absolute atomic E-state index is 10.0. The van der Waals surface area contributed by atoms with Crippen molar-refractivity contribution in [1.29, 1.82) is 0 Å². The molecule has 0 aliphatic heterocycles. The molecule has 0 radical (unpaired) electrons. The molecular weight excluding hydrogens is 342 g/mol. The van der Waals surface area contributed by atoms with Crippen molar-refractivity contribution in [3.05, 3.63) is 59.6 Å². The highest BCUT2D eigenvalue weighted by Gasteiger charge is 2.19. The first-order valence-electron chi connectivity index (χ1n) is 7.56. The summed E-state index contributed by atoms with van der Waals surface area (Å²) in [7, 11) is 0. The molecule has 0 saturated heterocycles. The standard InChI is InChI=1S/C18H18ClN3OS/c1-18(2,23)12-24-17-21-20-16(13-8-10-14(19)11-9-13)22(17)15-6-4-3-5-7-15/h3-11,23H,12H2,1-2H3. The van der Waals surface area contributed by atoms with Gasteiger partial charge in [-0.1, -0.05) is 41.6 Å². The number of aliphatic hydroxyl groups is 1. The molecule has 0 unspecified atom stereocenters. The van der Waals surface area contributed by atoms with Crippen LogP contribution >= 0.6 is 23.4 Å². The molecule has 24 heavy (non-hydrogen) atoms. The highest BCUT2D eigenvalue weighted by molar-refractivity contribution is 7.99. The molecule has 6 heteroatoms. The molecule has 3 rings (SSSR count). The molecule has 4 nitrogen and oxygen atoms in total. The third-order valence-corrected chi connectivity index (χ3v) is 4.93. The van der Waals surface area contributed by atoms with E-state index in [1.54, 1.807) is 13.8 Å². The predicted octanol–water partition coefficient (Wildman–Crippen LogP) is 4.45. The lowest BCUT2D eigenvalue weighted by Crippen LogP contribution is -2.22. The van der Waals surface area contributed by atoms with Crippen LogP contribution in [0.25, 0.3) is 17.1 Å². The van der Waals surface area contributed by atoms with Gasteiger partial charge in [0.15, 0.2) is 11.0 Å². The van der Waals surface area contributed by atoms with Crippen molar-refractivity contribution in [3.63, 3.8) is 0 Å². The van der Waals surface area contributed by atoms with E-state index in [1.807, 2.05) is 59.2 Å². The molecule has 0 saturated carbocycles. The second kappa shape index (κ2) is 6.97. The van der Waals surface area contributed by atoms with Crippen LogP contribution < -0.4 is 0 Å². The van der Waals surface area contributed by atoms with Crippen LogP contribution in [-0.4, -0.2) is 31.2 Å². The summed E-state index contributed by atoms with van der Waals surface area (Å²) >= 11 is 7.47. The van der Waals surface area contributed by atoms with E-state index in [1.165, 1.54) is 11.8 Å². The number of hydrogen-bond donors (Lipinski definition) is 1. The maximum atomic E-state index is 10.0. The van der Waals surface area contributed by atoms with Crippen LogP contribution in [0.3, 0.4) is 0 Å². The largest absolute Gasteiger partial charge is 0.390 e. The van der Waals surface area contributed by atoms with Crippen molar-refractivity contribution in [1.82, 2.24) is 14.8 Å². The van der Waals surface area contributed by atoms with Gasteiger partial charge in [-0.3, -0.25) is 4.57 Å². The van der Waals surface area contributed by atoms with E-state index < -0.39 is 5.60 Å². The number of thioether (sulfide) groups is 1. The Hall–Kier alpha value is -1.82. The van der Waals surface area contributed by atoms with Gasteiger partial charge < -0.3 is 5.11 Å². The van der Waals surface area contributed by atoms with Gasteiger partial charge in [0, 0.05) is 22.0 Å². The minimum atomic E-state index is -0.779. The Morgan fingerprint density at radius 1 is 1.04 bits per heavy atom. The van der Waals surface area contributed by atoms with Gasteiger partial charge in [0.05, 0.1) is 5.60 Å². The zero-order chi connectivity index (χ0) is 17.2. The average Bonchev–Trinajstić information content (AvgIpc) is 2.98. The number of aromatic nitrogens is 3. The van der Waals surface area contributed by atoms with Crippen molar-refractivity contribution in [2.75, 3.05) is 5.75 Å². The van der Waals surface area contributed by atoms with Crippen molar-refractivity contribution < 1.29 is 5.11 Å². The van der Waals surface area contributed by atoms with Crippen LogP contribution in [0.15, 0.2) is 59.8 Å². The van der Waals surface area contributed by atoms with Crippen LogP contribution in [0.5, 0.6) is 0 Å². The highest BCUT2D eigenvalue weighted by atomic mass is 35.5. The Morgan fingerprint density at radius 3 is 2.33 bits per heavy atom. The molecule has 3 aromatic rings. The van der Waals surface area contributed by atoms with Gasteiger partial charge in [-0.05, 0) is 50.2 Å². The second-order valence-corrected chi connectivity index (χ2v) is 7.46. The minimum Gasteiger partial charge on any atom is -0.390 e. The summed E-state index contributed by atoms with van der Waals surface area (Å²) < 4.78 is 2.00. The summed E-state index contributed by atoms with van der Waals surface area (Å²) in [5.41, 5.74) is 1.13. The maximum Gasteiger partial charge on any atom is 0.196 e. The average molecular weight is 360 g/mol. The molecule has 0 spiro atoms. The Balaban J connectivity index is 2.06. The first-order chi connectivity index (χ1) is 11.4. The van der Waals surface area contributed by atoms with Gasteiger partial charge >= 0.3 is 0 Å². The monoisotopic (exact) mass is 359 g/mol. The fraction of sp³-hybridized carbons (Fsp3) is 0.222. The molecular formula is C18H18ClN3OS. The number of halogens is 1. The van der Waals surface area contributed by atoms with E-state index in [2.05, 4.69) is 10.2 Å². The molecule has 1 aromatic heterocycles. The van der Waals surface area contributed by atoms with Crippen LogP contribution in [0, 0.1) is 0 Å². The molecule has 0 aliphatic carbocycles. The Bertz CT molecular complexity index is 811. The molecule has 0 fully saturated rings. The van der Waals surface area contributed by atoms with E-state index >= 15 is 0 Å². The zero-order valence-corrected chi connectivity index (χ0v) is 15.1. The van der Waals surface area contributed by atoms with Crippen molar-refractivity contribution >= 4 is 23.4 Å². The second-order valence-electron chi connectivity index (χ2n) is 6.09. The Labute approximate surface area is 150 Å². The predicted molar refractivity (Wildman–Crippen MR) is 98.8 cm³/mol. The van der Waals surface area contributed by atoms with Crippen LogP contribution in [-0.2, 0) is 0 Å². The lowest BCUT2D eigenvalue weighted by Gasteiger charge is -2.16. The highest BCUT2D eigenvalue weighted by Crippen LogP contribution is 2.29. The van der Waals surface area contributed by atoms with Crippen LogP contribution in [0.1, 0.15) is 13.8 Å². The molecule has 0 aliphatic rings. The van der Waals surface area contributed by atoms with E-state index in [-0.39, 0.29) is 0 Å². The molecule has 1 N–H and O–H groups in total. The molecule has 0 amide bonds. The zero-order valence-electron chi connectivity index (χ0n) is 13.5. The summed E-state index contributed by atoms with van der Waals surface area (Å²) in [5.74, 6) is 1.27. The third-order valence-electron chi connectivity index (χ3n) is 3.30. The van der Waals surface area contributed by atoms with Crippen LogP contribution in [0.4, 0.5) is 0 Å². The molecule has 124 valence electrons. The van der Waals surface area contributed by atoms with Crippen LogP contribution in [0.2, 0.25) is 5.02 Å². The lowest BCUT2D eigenvalue weighted by molar-refractivity contribution is 0.107. The Morgan fingerprint density at radius 2 is 1.71 bits per heavy atom. The smallest absolute Gasteiger partial charge is 0.196 e. The van der Waals surface area contributed by atoms with Crippen molar-refractivity contribution in [3.8, 4) is 17.1 Å². The first kappa shape index (κ1) is 17.0. The lowest BCUT2D eigenvalue weighted by atomic mass is 10.2. The summed E-state index contributed by atoms with van der Waals surface area (Å²) in [6.07, 6.45) is 0. The van der Waals surface area contributed by atoms with Gasteiger partial charge in [-0.2, -0.15) is 0 Å². The SMILES string of the molecule is CC(C)(O)CSc1nnc(-c2ccc(Cl)cc2)n1-c1ccccc1. The molecule has 1 heterocycles. The summed E-state index contributed by atoms with van der Waals surface area (Å²) in [6.45, 7) is 3.56. The topological polar surface area (TPSA) is 50.9 Å². The molecule has 0 bridgehead atoms. The minimum absolute atomic E-state index is 0.526. The fourth-order valence-electron chi connectivity index (χ4n) is 2.20. The van der Waals surface area contributed by atoms with E-state index in [9.17, 15) is 5.11 Å². The van der Waals surface area contributed by atoms with Gasteiger partial charge in [-0.15, -0.1) is 10.2 Å². The Kier molecular flexibility index (Phi) is 4.94. The summed E-state index contributed by atoms with van der Waals surface area (Å²) in [4.78, 5) is 0. The number of rotatable bonds is 5. The van der Waals surface area contributed by atoms with E-state index in [0.29, 0.717) is 10.8 Å². The molecule has 2 aromatic carbocycles. The van der Waals surface area contributed by atoms with Gasteiger partial charge in [0.2, 0.25) is 0 Å². The van der Waals surface area contributed by atoms with Crippen molar-refractivity contribution in [2.24, 2.45) is 0 Å². The summed E-state index contributed by atoms with van der Waals surface area (Å²) in [5, 5.41) is 20.1. The normalized spacial score (nSPS) is 11.7. The first-order valence-corrected chi connectivity index (χ1v) is 8.92. The number of benzene rings is 2. The number of nitrogens with zero attached hydrogens (tertiary/aromatic N) is 3. The summed E-state index contributed by atoms with van der Waals surface area (Å²) in [6, 6.07) is 17.5. The van der Waals surface area contributed by atoms with Crippen molar-refractivity contribution in [2.45, 2.75) is 24.6 Å². The number of hydrogen-bond acceptors (Lipinski definition) is 4. The fourth-order valence-corrected chi connectivity index (χ4v) is 3.23. The quantitative estimate of drug-likeness (QED) is 0.684. The van der Waals surface area contributed by atoms with E-state index in [4.69, 9.17) is 11.6 Å².